The van der Waals surface area contributed by atoms with Gasteiger partial charge in [0.1, 0.15) is 28.5 Å². The molecule has 0 saturated heterocycles. The minimum absolute atomic E-state index is 0.147. The molecule has 0 rings (SSSR count). The van der Waals surface area contributed by atoms with Gasteiger partial charge in [-0.2, -0.15) is 0 Å². The van der Waals surface area contributed by atoms with Crippen molar-refractivity contribution in [3.8, 4) is 0 Å². The Balaban J connectivity index is 3.49. The third kappa shape index (κ3) is 8.86. The summed E-state index contributed by atoms with van der Waals surface area (Å²) in [6.45, 7) is -0.294. The number of esters is 2. The average Bonchev–Trinajstić information content (AvgIpc) is 2.29. The number of carbonyl (C=O) groups is 4. The topological polar surface area (TPSA) is 86.7 Å². The number of hydrogen-bond donors (Lipinski definition) is 0. The fraction of sp³-hybridized carbons (Fsp3) is 0.600. The average molecular weight is 232 g/mol. The van der Waals surface area contributed by atoms with E-state index in [1.54, 1.807) is 0 Å². The Morgan fingerprint density at radius 2 is 1.31 bits per heavy atom. The molecule has 0 atom stereocenters. The van der Waals surface area contributed by atoms with Crippen LogP contribution in [-0.4, -0.2) is 37.7 Å². The molecule has 0 saturated carbocycles. The maximum atomic E-state index is 10.9. The first-order chi connectivity index (χ1) is 8.41. The molecule has 90 valence electrons. The van der Waals surface area contributed by atoms with Crippen molar-refractivity contribution in [3.63, 3.8) is 0 Å². The van der Waals surface area contributed by atoms with E-state index in [-0.39, 0.29) is 38.9 Å². The highest BCUT2D eigenvalue weighted by molar-refractivity contribution is 5.73. The molecular weight excluding hydrogens is 216 g/mol. The summed E-state index contributed by atoms with van der Waals surface area (Å²) in [6, 6.07) is 0. The molecule has 0 aliphatic carbocycles. The molecule has 0 aromatic heterocycles. The van der Waals surface area contributed by atoms with Crippen LogP contribution in [-0.2, 0) is 28.7 Å². The van der Waals surface area contributed by atoms with Crippen molar-refractivity contribution in [2.45, 2.75) is 25.7 Å². The standard InChI is InChI=1S/C10H14O6/c11-5-1-3-9(13)15-7-8-16-10(14)4-2-6-12/h5-6H,1-4,7-8H2/i5D,6D. The molecule has 0 fully saturated rings. The van der Waals surface area contributed by atoms with Crippen LogP contribution in [0, 0.1) is 0 Å². The van der Waals surface area contributed by atoms with Gasteiger partial charge in [-0.05, 0) is 0 Å². The summed E-state index contributed by atoms with van der Waals surface area (Å²) in [5.74, 6) is -1.29. The summed E-state index contributed by atoms with van der Waals surface area (Å²) in [6.07, 6.45) is -2.46. The zero-order chi connectivity index (χ0) is 14.0. The Hall–Kier alpha value is -1.72. The van der Waals surface area contributed by atoms with E-state index in [9.17, 15) is 19.2 Å². The Bertz CT molecular complexity index is 296. The Labute approximate surface area is 95.7 Å². The molecule has 6 heteroatoms. The van der Waals surface area contributed by atoms with Crippen molar-refractivity contribution in [2.75, 3.05) is 13.2 Å². The van der Waals surface area contributed by atoms with Gasteiger partial charge in [0.05, 0.1) is 12.8 Å². The van der Waals surface area contributed by atoms with Crippen LogP contribution in [0.2, 0.25) is 0 Å². The van der Waals surface area contributed by atoms with Crippen molar-refractivity contribution < 1.29 is 31.4 Å². The molecule has 6 nitrogen and oxygen atoms in total. The largest absolute Gasteiger partial charge is 0.462 e. The molecular formula is C10H14O6. The van der Waals surface area contributed by atoms with Crippen LogP contribution in [0.4, 0.5) is 0 Å². The van der Waals surface area contributed by atoms with E-state index in [4.69, 9.17) is 2.74 Å². The molecule has 0 aromatic carbocycles. The lowest BCUT2D eigenvalue weighted by atomic mass is 10.3. The van der Waals surface area contributed by atoms with Crippen LogP contribution in [0.3, 0.4) is 0 Å². The molecule has 0 unspecified atom stereocenters. The number of hydrogen-bond acceptors (Lipinski definition) is 6. The normalized spacial score (nSPS) is 11.0. The fourth-order valence-corrected chi connectivity index (χ4v) is 0.762. The lowest BCUT2D eigenvalue weighted by molar-refractivity contribution is -0.152. The fourth-order valence-electron chi connectivity index (χ4n) is 0.762. The van der Waals surface area contributed by atoms with Crippen LogP contribution >= 0.6 is 0 Å². The van der Waals surface area contributed by atoms with Gasteiger partial charge < -0.3 is 19.1 Å². The first-order valence-electron chi connectivity index (χ1n) is 5.72. The smallest absolute Gasteiger partial charge is 0.306 e. The summed E-state index contributed by atoms with van der Waals surface area (Å²) in [5.41, 5.74) is 0. The Kier molecular flexibility index (Phi) is 6.62. The number of carbonyl (C=O) groups excluding carboxylic acids is 4. The zero-order valence-electron chi connectivity index (χ0n) is 10.7. The summed E-state index contributed by atoms with van der Waals surface area (Å²) >= 11 is 0. The molecule has 0 amide bonds. The van der Waals surface area contributed by atoms with Crippen molar-refractivity contribution in [1.82, 2.24) is 0 Å². The monoisotopic (exact) mass is 232 g/mol. The van der Waals surface area contributed by atoms with Crippen molar-refractivity contribution in [2.24, 2.45) is 0 Å². The minimum Gasteiger partial charge on any atom is -0.462 e. The number of aldehydes is 2. The van der Waals surface area contributed by atoms with E-state index in [0.717, 1.165) is 0 Å². The second-order valence-electron chi connectivity index (χ2n) is 2.73. The maximum Gasteiger partial charge on any atom is 0.306 e. The third-order valence-electron chi connectivity index (χ3n) is 1.47. The van der Waals surface area contributed by atoms with Gasteiger partial charge in [0, 0.05) is 12.8 Å². The van der Waals surface area contributed by atoms with E-state index < -0.39 is 24.5 Å². The summed E-state index contributed by atoms with van der Waals surface area (Å²) in [4.78, 5) is 42.4. The number of rotatable bonds is 9. The van der Waals surface area contributed by atoms with Crippen molar-refractivity contribution >= 4 is 24.5 Å². The highest BCUT2D eigenvalue weighted by Crippen LogP contribution is 1.92. The van der Waals surface area contributed by atoms with Crippen molar-refractivity contribution in [1.29, 1.82) is 0 Å². The van der Waals surface area contributed by atoms with Gasteiger partial charge in [0.25, 0.3) is 0 Å². The molecule has 0 aliphatic heterocycles. The molecule has 16 heavy (non-hydrogen) atoms. The SMILES string of the molecule is [2H]C(=O)CCC(=O)OCCOC(=O)CCC([2H])=O. The first kappa shape index (κ1) is 10.8. The van der Waals surface area contributed by atoms with Gasteiger partial charge in [0.15, 0.2) is 0 Å². The Morgan fingerprint density at radius 1 is 0.938 bits per heavy atom. The van der Waals surface area contributed by atoms with E-state index in [2.05, 4.69) is 9.47 Å². The van der Waals surface area contributed by atoms with Gasteiger partial charge in [-0.15, -0.1) is 0 Å². The zero-order valence-corrected chi connectivity index (χ0v) is 8.69. The molecule has 0 N–H and O–H groups in total. The molecule has 0 aromatic rings. The Morgan fingerprint density at radius 3 is 1.62 bits per heavy atom. The van der Waals surface area contributed by atoms with Gasteiger partial charge in [-0.25, -0.2) is 0 Å². The molecule has 0 radical (unpaired) electrons. The first-order valence-corrected chi connectivity index (χ1v) is 4.72. The lowest BCUT2D eigenvalue weighted by Crippen LogP contribution is -2.13. The predicted octanol–water partition coefficient (Wildman–Crippen LogP) is 0.0310. The van der Waals surface area contributed by atoms with Gasteiger partial charge in [-0.1, -0.05) is 0 Å². The minimum atomic E-state index is -0.849. The van der Waals surface area contributed by atoms with Gasteiger partial charge in [-0.3, -0.25) is 9.59 Å². The van der Waals surface area contributed by atoms with Crippen LogP contribution in [0.25, 0.3) is 0 Å². The van der Waals surface area contributed by atoms with E-state index in [1.807, 2.05) is 0 Å². The lowest BCUT2D eigenvalue weighted by Gasteiger charge is -2.04. The highest BCUT2D eigenvalue weighted by Gasteiger charge is 2.04. The quantitative estimate of drug-likeness (QED) is 0.316. The summed E-state index contributed by atoms with van der Waals surface area (Å²) in [5, 5.41) is 0. The number of ether oxygens (including phenoxy) is 2. The molecule has 0 spiro atoms. The van der Waals surface area contributed by atoms with E-state index in [1.165, 1.54) is 0 Å². The molecule has 0 heterocycles. The van der Waals surface area contributed by atoms with Gasteiger partial charge >= 0.3 is 11.9 Å². The predicted molar refractivity (Wildman–Crippen MR) is 52.5 cm³/mol. The van der Waals surface area contributed by atoms with E-state index >= 15 is 0 Å². The van der Waals surface area contributed by atoms with Crippen LogP contribution < -0.4 is 0 Å². The third-order valence-corrected chi connectivity index (χ3v) is 1.47. The summed E-state index contributed by atoms with van der Waals surface area (Å²) in [7, 11) is 0. The van der Waals surface area contributed by atoms with Crippen LogP contribution in [0.1, 0.15) is 28.4 Å². The van der Waals surface area contributed by atoms with E-state index in [0.29, 0.717) is 0 Å². The second-order valence-corrected chi connectivity index (χ2v) is 2.73. The van der Waals surface area contributed by atoms with Crippen LogP contribution in [0.15, 0.2) is 0 Å². The second kappa shape index (κ2) is 9.82. The maximum absolute atomic E-state index is 10.9. The van der Waals surface area contributed by atoms with Gasteiger partial charge in [0.2, 0.25) is 0 Å². The highest BCUT2D eigenvalue weighted by atomic mass is 16.6. The van der Waals surface area contributed by atoms with Crippen LogP contribution in [0.5, 0.6) is 0 Å². The summed E-state index contributed by atoms with van der Waals surface area (Å²) < 4.78 is 22.4. The molecule has 0 bridgehead atoms. The van der Waals surface area contributed by atoms with Crippen molar-refractivity contribution in [3.05, 3.63) is 0 Å². The molecule has 0 aliphatic rings.